The van der Waals surface area contributed by atoms with Crippen molar-refractivity contribution in [2.45, 2.75) is 6.54 Å². The van der Waals surface area contributed by atoms with Crippen LogP contribution in [0.4, 0.5) is 0 Å². The largest absolute Gasteiger partial charge is 0.379 e. The van der Waals surface area contributed by atoms with Gasteiger partial charge in [-0.05, 0) is 12.1 Å². The molecule has 0 unspecified atom stereocenters. The molecular formula is C17H18ClN5O. The summed E-state index contributed by atoms with van der Waals surface area (Å²) in [4.78, 5) is 7.01. The Balaban J connectivity index is 1.50. The number of para-hydroxylation sites is 1. The SMILES string of the molecule is Clc1cccc2ccc(-c3cn(CCN4CCOCC4)nn3)nc12. The normalized spacial score (nSPS) is 15.9. The maximum Gasteiger partial charge on any atom is 0.131 e. The molecule has 0 amide bonds. The van der Waals surface area contributed by atoms with Crippen LogP contribution in [0.1, 0.15) is 0 Å². The minimum absolute atomic E-state index is 0.647. The Morgan fingerprint density at radius 1 is 1.04 bits per heavy atom. The number of fused-ring (bicyclic) bond motifs is 1. The van der Waals surface area contributed by atoms with E-state index in [0.717, 1.165) is 61.7 Å². The van der Waals surface area contributed by atoms with Crippen molar-refractivity contribution in [3.63, 3.8) is 0 Å². The maximum atomic E-state index is 6.24. The van der Waals surface area contributed by atoms with Gasteiger partial charge < -0.3 is 4.74 Å². The van der Waals surface area contributed by atoms with Crippen LogP contribution in [0, 0.1) is 0 Å². The Kier molecular flexibility index (Phi) is 4.42. The zero-order chi connectivity index (χ0) is 16.4. The van der Waals surface area contributed by atoms with E-state index in [9.17, 15) is 0 Å². The van der Waals surface area contributed by atoms with E-state index < -0.39 is 0 Å². The van der Waals surface area contributed by atoms with E-state index in [0.29, 0.717) is 5.02 Å². The molecule has 7 heteroatoms. The lowest BCUT2D eigenvalue weighted by Crippen LogP contribution is -2.38. The molecule has 0 bridgehead atoms. The first-order valence-corrected chi connectivity index (χ1v) is 8.43. The van der Waals surface area contributed by atoms with Gasteiger partial charge in [-0.15, -0.1) is 5.10 Å². The van der Waals surface area contributed by atoms with Crippen LogP contribution in [0.2, 0.25) is 5.02 Å². The summed E-state index contributed by atoms with van der Waals surface area (Å²) in [5.41, 5.74) is 2.34. The van der Waals surface area contributed by atoms with Gasteiger partial charge in [-0.3, -0.25) is 9.58 Å². The van der Waals surface area contributed by atoms with E-state index in [-0.39, 0.29) is 0 Å². The number of aromatic nitrogens is 4. The quantitative estimate of drug-likeness (QED) is 0.728. The summed E-state index contributed by atoms with van der Waals surface area (Å²) >= 11 is 6.24. The van der Waals surface area contributed by atoms with E-state index in [1.54, 1.807) is 0 Å². The second-order valence-electron chi connectivity index (χ2n) is 5.83. The molecule has 0 spiro atoms. The van der Waals surface area contributed by atoms with Crippen LogP contribution in [-0.2, 0) is 11.3 Å². The summed E-state index contributed by atoms with van der Waals surface area (Å²) in [6, 6.07) is 9.73. The van der Waals surface area contributed by atoms with Gasteiger partial charge in [-0.2, -0.15) is 0 Å². The van der Waals surface area contributed by atoms with Crippen molar-refractivity contribution in [3.05, 3.63) is 41.6 Å². The molecule has 0 aliphatic carbocycles. The molecule has 24 heavy (non-hydrogen) atoms. The predicted octanol–water partition coefficient (Wildman–Crippen LogP) is 2.48. The fourth-order valence-corrected chi connectivity index (χ4v) is 3.07. The van der Waals surface area contributed by atoms with Crippen molar-refractivity contribution in [1.82, 2.24) is 24.9 Å². The number of halogens is 1. The number of ether oxygens (including phenoxy) is 1. The molecule has 0 radical (unpaired) electrons. The second-order valence-corrected chi connectivity index (χ2v) is 6.24. The molecule has 0 N–H and O–H groups in total. The topological polar surface area (TPSA) is 56.1 Å². The van der Waals surface area contributed by atoms with Crippen molar-refractivity contribution in [1.29, 1.82) is 0 Å². The van der Waals surface area contributed by atoms with Crippen molar-refractivity contribution in [2.24, 2.45) is 0 Å². The minimum atomic E-state index is 0.647. The molecule has 6 nitrogen and oxygen atoms in total. The zero-order valence-corrected chi connectivity index (χ0v) is 14.0. The van der Waals surface area contributed by atoms with E-state index in [1.165, 1.54) is 0 Å². The smallest absolute Gasteiger partial charge is 0.131 e. The Bertz CT molecular complexity index is 844. The van der Waals surface area contributed by atoms with Crippen LogP contribution < -0.4 is 0 Å². The monoisotopic (exact) mass is 343 g/mol. The molecule has 0 atom stereocenters. The molecule has 3 aromatic rings. The number of benzene rings is 1. The third-order valence-electron chi connectivity index (χ3n) is 4.22. The summed E-state index contributed by atoms with van der Waals surface area (Å²) in [5.74, 6) is 0. The fraction of sp³-hybridized carbons (Fsp3) is 0.353. The highest BCUT2D eigenvalue weighted by molar-refractivity contribution is 6.35. The molecule has 1 saturated heterocycles. The Labute approximate surface area is 145 Å². The number of hydrogen-bond donors (Lipinski definition) is 0. The predicted molar refractivity (Wildman–Crippen MR) is 93.0 cm³/mol. The number of pyridine rings is 1. The van der Waals surface area contributed by atoms with Crippen molar-refractivity contribution < 1.29 is 4.74 Å². The maximum absolute atomic E-state index is 6.24. The molecule has 124 valence electrons. The standard InChI is InChI=1S/C17H18ClN5O/c18-14-3-1-2-13-4-5-15(19-17(13)14)16-12-23(21-20-16)7-6-22-8-10-24-11-9-22/h1-5,12H,6-11H2. The van der Waals surface area contributed by atoms with Crippen molar-refractivity contribution in [3.8, 4) is 11.4 Å². The highest BCUT2D eigenvalue weighted by atomic mass is 35.5. The van der Waals surface area contributed by atoms with Crippen molar-refractivity contribution >= 4 is 22.5 Å². The van der Waals surface area contributed by atoms with Gasteiger partial charge in [0.25, 0.3) is 0 Å². The molecule has 1 aromatic carbocycles. The molecule has 1 aliphatic heterocycles. The molecule has 1 fully saturated rings. The summed E-state index contributed by atoms with van der Waals surface area (Å²) in [6.45, 7) is 5.33. The lowest BCUT2D eigenvalue weighted by molar-refractivity contribution is 0.0359. The van der Waals surface area contributed by atoms with Gasteiger partial charge in [0.05, 0.1) is 42.2 Å². The molecule has 0 saturated carbocycles. The first kappa shape index (κ1) is 15.5. The summed E-state index contributed by atoms with van der Waals surface area (Å²) in [6.07, 6.45) is 1.94. The van der Waals surface area contributed by atoms with E-state index in [4.69, 9.17) is 16.3 Å². The van der Waals surface area contributed by atoms with E-state index >= 15 is 0 Å². The van der Waals surface area contributed by atoms with Gasteiger partial charge in [0.1, 0.15) is 5.69 Å². The Morgan fingerprint density at radius 3 is 2.79 bits per heavy atom. The van der Waals surface area contributed by atoms with Crippen LogP contribution in [0.3, 0.4) is 0 Å². The van der Waals surface area contributed by atoms with Crippen molar-refractivity contribution in [2.75, 3.05) is 32.8 Å². The summed E-state index contributed by atoms with van der Waals surface area (Å²) in [7, 11) is 0. The molecule has 1 aliphatic rings. The Morgan fingerprint density at radius 2 is 1.92 bits per heavy atom. The van der Waals surface area contributed by atoms with Gasteiger partial charge >= 0.3 is 0 Å². The first-order chi connectivity index (χ1) is 11.8. The highest BCUT2D eigenvalue weighted by Crippen LogP contribution is 2.24. The average molecular weight is 344 g/mol. The van der Waals surface area contributed by atoms with Gasteiger partial charge in [-0.1, -0.05) is 35.0 Å². The van der Waals surface area contributed by atoms with Gasteiger partial charge in [-0.25, -0.2) is 4.98 Å². The minimum Gasteiger partial charge on any atom is -0.379 e. The number of rotatable bonds is 4. The lowest BCUT2D eigenvalue weighted by Gasteiger charge is -2.26. The third kappa shape index (κ3) is 3.26. The van der Waals surface area contributed by atoms with Crippen LogP contribution in [0.5, 0.6) is 0 Å². The lowest BCUT2D eigenvalue weighted by atomic mass is 10.2. The van der Waals surface area contributed by atoms with Gasteiger partial charge in [0, 0.05) is 25.0 Å². The summed E-state index contributed by atoms with van der Waals surface area (Å²) < 4.78 is 7.23. The van der Waals surface area contributed by atoms with Crippen LogP contribution in [0.25, 0.3) is 22.3 Å². The number of morpholine rings is 1. The third-order valence-corrected chi connectivity index (χ3v) is 4.53. The fourth-order valence-electron chi connectivity index (χ4n) is 2.85. The van der Waals surface area contributed by atoms with Crippen LogP contribution >= 0.6 is 11.6 Å². The number of hydrogen-bond acceptors (Lipinski definition) is 5. The summed E-state index contributed by atoms with van der Waals surface area (Å²) in [5, 5.41) is 10.1. The van der Waals surface area contributed by atoms with E-state index in [1.807, 2.05) is 41.2 Å². The van der Waals surface area contributed by atoms with Crippen LogP contribution in [-0.4, -0.2) is 57.7 Å². The first-order valence-electron chi connectivity index (χ1n) is 8.05. The molecule has 2 aromatic heterocycles. The van der Waals surface area contributed by atoms with Gasteiger partial charge in [0.2, 0.25) is 0 Å². The van der Waals surface area contributed by atoms with E-state index in [2.05, 4.69) is 20.2 Å². The second kappa shape index (κ2) is 6.84. The van der Waals surface area contributed by atoms with Gasteiger partial charge in [0.15, 0.2) is 0 Å². The zero-order valence-electron chi connectivity index (χ0n) is 13.2. The highest BCUT2D eigenvalue weighted by Gasteiger charge is 2.12. The Hall–Kier alpha value is -2.02. The molecule has 3 heterocycles. The average Bonchev–Trinajstić information content (AvgIpc) is 3.10. The van der Waals surface area contributed by atoms with Crippen LogP contribution in [0.15, 0.2) is 36.5 Å². The molecular weight excluding hydrogens is 326 g/mol. The molecule has 4 rings (SSSR count). The number of nitrogens with zero attached hydrogens (tertiary/aromatic N) is 5.